The molecule has 0 fully saturated rings. The van der Waals surface area contributed by atoms with Crippen LogP contribution in [0.1, 0.15) is 0 Å². The van der Waals surface area contributed by atoms with E-state index in [1.807, 2.05) is 0 Å². The molecule has 0 atom stereocenters. The average Bonchev–Trinajstić information content (AvgIpc) is 2.99. The van der Waals surface area contributed by atoms with Gasteiger partial charge in [-0.1, -0.05) is 6.07 Å². The van der Waals surface area contributed by atoms with Gasteiger partial charge in [0.05, 0.1) is 18.2 Å². The van der Waals surface area contributed by atoms with Crippen LogP contribution < -0.4 is 5.73 Å². The summed E-state index contributed by atoms with van der Waals surface area (Å²) in [5.74, 6) is 0.0795. The zero-order chi connectivity index (χ0) is 12.5. The predicted molar refractivity (Wildman–Crippen MR) is 65.5 cm³/mol. The number of aromatic amines is 1. The maximum atomic E-state index is 14.0. The van der Waals surface area contributed by atoms with E-state index < -0.39 is 0 Å². The number of nitrogens with one attached hydrogen (secondary N) is 1. The van der Waals surface area contributed by atoms with Gasteiger partial charge in [-0.05, 0) is 17.7 Å². The SMILES string of the molecule is Nc1[nH]ncc1-c1ccc(-n2ccnc2)c(F)c1. The lowest BCUT2D eigenvalue weighted by atomic mass is 10.1. The van der Waals surface area contributed by atoms with Crippen molar-refractivity contribution >= 4 is 5.82 Å². The van der Waals surface area contributed by atoms with Crippen LogP contribution in [0.25, 0.3) is 16.8 Å². The summed E-state index contributed by atoms with van der Waals surface area (Å²) >= 11 is 0. The molecule has 3 aromatic rings. The third-order valence-corrected chi connectivity index (χ3v) is 2.71. The summed E-state index contributed by atoms with van der Waals surface area (Å²) in [4.78, 5) is 3.89. The van der Waals surface area contributed by atoms with E-state index in [2.05, 4.69) is 15.2 Å². The fourth-order valence-electron chi connectivity index (χ4n) is 1.81. The molecule has 0 radical (unpaired) electrons. The van der Waals surface area contributed by atoms with Gasteiger partial charge in [0.15, 0.2) is 0 Å². The number of hydrogen-bond donors (Lipinski definition) is 2. The van der Waals surface area contributed by atoms with E-state index in [0.717, 1.165) is 0 Å². The lowest BCUT2D eigenvalue weighted by Gasteiger charge is -2.06. The van der Waals surface area contributed by atoms with Crippen LogP contribution in [0.4, 0.5) is 10.2 Å². The van der Waals surface area contributed by atoms with Gasteiger partial charge in [0.1, 0.15) is 11.6 Å². The van der Waals surface area contributed by atoms with Gasteiger partial charge in [-0.25, -0.2) is 9.37 Å². The first-order chi connectivity index (χ1) is 8.75. The third kappa shape index (κ3) is 1.64. The van der Waals surface area contributed by atoms with E-state index in [0.29, 0.717) is 22.6 Å². The number of anilines is 1. The molecule has 0 aliphatic carbocycles. The van der Waals surface area contributed by atoms with Crippen molar-refractivity contribution in [1.82, 2.24) is 19.7 Å². The van der Waals surface area contributed by atoms with E-state index in [9.17, 15) is 4.39 Å². The Balaban J connectivity index is 2.07. The summed E-state index contributed by atoms with van der Waals surface area (Å²) in [6.45, 7) is 0. The molecule has 3 N–H and O–H groups in total. The number of rotatable bonds is 2. The first-order valence-electron chi connectivity index (χ1n) is 5.33. The molecule has 0 amide bonds. The Kier molecular flexibility index (Phi) is 2.33. The van der Waals surface area contributed by atoms with Gasteiger partial charge in [0.25, 0.3) is 0 Å². The van der Waals surface area contributed by atoms with Crippen molar-refractivity contribution in [3.63, 3.8) is 0 Å². The number of H-pyrrole nitrogens is 1. The van der Waals surface area contributed by atoms with E-state index in [1.165, 1.54) is 6.07 Å². The molecule has 18 heavy (non-hydrogen) atoms. The predicted octanol–water partition coefficient (Wildman–Crippen LogP) is 1.98. The molecular weight excluding hydrogens is 233 g/mol. The van der Waals surface area contributed by atoms with E-state index >= 15 is 0 Å². The second-order valence-electron chi connectivity index (χ2n) is 3.83. The Bertz CT molecular complexity index is 672. The number of nitrogens with two attached hydrogens (primary N) is 1. The summed E-state index contributed by atoms with van der Waals surface area (Å²) in [5.41, 5.74) is 7.51. The molecule has 6 heteroatoms. The Hall–Kier alpha value is -2.63. The summed E-state index contributed by atoms with van der Waals surface area (Å²) < 4.78 is 15.6. The van der Waals surface area contributed by atoms with E-state index in [1.54, 1.807) is 41.6 Å². The fraction of sp³-hybridized carbons (Fsp3) is 0. The lowest BCUT2D eigenvalue weighted by molar-refractivity contribution is 0.618. The molecular formula is C12H10FN5. The highest BCUT2D eigenvalue weighted by Crippen LogP contribution is 2.26. The van der Waals surface area contributed by atoms with Gasteiger partial charge in [-0.3, -0.25) is 5.10 Å². The van der Waals surface area contributed by atoms with E-state index in [-0.39, 0.29) is 5.82 Å². The summed E-state index contributed by atoms with van der Waals surface area (Å²) in [7, 11) is 0. The number of hydrogen-bond acceptors (Lipinski definition) is 3. The minimum absolute atomic E-state index is 0.342. The van der Waals surface area contributed by atoms with Gasteiger partial charge < -0.3 is 10.3 Å². The second kappa shape index (κ2) is 3.99. The highest BCUT2D eigenvalue weighted by atomic mass is 19.1. The molecule has 0 unspecified atom stereocenters. The lowest BCUT2D eigenvalue weighted by Crippen LogP contribution is -1.95. The Morgan fingerprint density at radius 2 is 2.22 bits per heavy atom. The van der Waals surface area contributed by atoms with Gasteiger partial charge >= 0.3 is 0 Å². The molecule has 1 aromatic carbocycles. The second-order valence-corrected chi connectivity index (χ2v) is 3.83. The molecule has 2 heterocycles. The van der Waals surface area contributed by atoms with Crippen molar-refractivity contribution in [3.05, 3.63) is 48.9 Å². The van der Waals surface area contributed by atoms with Crippen LogP contribution in [0.5, 0.6) is 0 Å². The first kappa shape index (κ1) is 10.5. The molecule has 2 aromatic heterocycles. The summed E-state index contributed by atoms with van der Waals surface area (Å²) in [5, 5.41) is 6.43. The Labute approximate surface area is 102 Å². The van der Waals surface area contributed by atoms with Crippen molar-refractivity contribution in [2.24, 2.45) is 0 Å². The van der Waals surface area contributed by atoms with Crippen molar-refractivity contribution in [2.45, 2.75) is 0 Å². The minimum atomic E-state index is -0.342. The largest absolute Gasteiger partial charge is 0.384 e. The Morgan fingerprint density at radius 3 is 2.83 bits per heavy atom. The molecule has 3 rings (SSSR count). The van der Waals surface area contributed by atoms with Crippen LogP contribution >= 0.6 is 0 Å². The maximum absolute atomic E-state index is 14.0. The highest BCUT2D eigenvalue weighted by molar-refractivity contribution is 5.73. The topological polar surface area (TPSA) is 72.5 Å². The molecule has 0 saturated carbocycles. The van der Waals surface area contributed by atoms with Crippen LogP contribution in [0.3, 0.4) is 0 Å². The zero-order valence-electron chi connectivity index (χ0n) is 9.34. The van der Waals surface area contributed by atoms with Gasteiger partial charge in [-0.2, -0.15) is 5.10 Å². The number of halogens is 1. The quantitative estimate of drug-likeness (QED) is 0.722. The molecule has 0 aliphatic heterocycles. The van der Waals surface area contributed by atoms with Crippen LogP contribution in [-0.4, -0.2) is 19.7 Å². The van der Waals surface area contributed by atoms with Crippen molar-refractivity contribution in [3.8, 4) is 16.8 Å². The number of imidazole rings is 1. The molecule has 90 valence electrons. The normalized spacial score (nSPS) is 10.7. The first-order valence-corrected chi connectivity index (χ1v) is 5.33. The fourth-order valence-corrected chi connectivity index (χ4v) is 1.81. The number of nitrogen functional groups attached to an aromatic ring is 1. The summed E-state index contributed by atoms with van der Waals surface area (Å²) in [6, 6.07) is 4.90. The number of benzene rings is 1. The molecule has 0 aliphatic rings. The van der Waals surface area contributed by atoms with Crippen LogP contribution in [-0.2, 0) is 0 Å². The standard InChI is InChI=1S/C12H10FN5/c13-10-5-8(9-6-16-17-12(9)14)1-2-11(10)18-4-3-15-7-18/h1-7H,(H3,14,16,17). The van der Waals surface area contributed by atoms with Crippen LogP contribution in [0.15, 0.2) is 43.1 Å². The Morgan fingerprint density at radius 1 is 1.33 bits per heavy atom. The third-order valence-electron chi connectivity index (χ3n) is 2.71. The molecule has 0 saturated heterocycles. The van der Waals surface area contributed by atoms with Gasteiger partial charge in [-0.15, -0.1) is 0 Å². The molecule has 5 nitrogen and oxygen atoms in total. The highest BCUT2D eigenvalue weighted by Gasteiger charge is 2.09. The minimum Gasteiger partial charge on any atom is -0.384 e. The van der Waals surface area contributed by atoms with Crippen molar-refractivity contribution < 1.29 is 4.39 Å². The van der Waals surface area contributed by atoms with Gasteiger partial charge in [0, 0.05) is 18.0 Å². The summed E-state index contributed by atoms with van der Waals surface area (Å²) in [6.07, 6.45) is 6.40. The van der Waals surface area contributed by atoms with E-state index in [4.69, 9.17) is 5.73 Å². The molecule has 0 spiro atoms. The van der Waals surface area contributed by atoms with Gasteiger partial charge in [0.2, 0.25) is 0 Å². The monoisotopic (exact) mass is 243 g/mol. The average molecular weight is 243 g/mol. The van der Waals surface area contributed by atoms with Crippen LogP contribution in [0, 0.1) is 5.82 Å². The number of nitrogens with zero attached hydrogens (tertiary/aromatic N) is 3. The van der Waals surface area contributed by atoms with Crippen LogP contribution in [0.2, 0.25) is 0 Å². The zero-order valence-corrected chi connectivity index (χ0v) is 9.34. The smallest absolute Gasteiger partial charge is 0.147 e. The molecule has 0 bridgehead atoms. The maximum Gasteiger partial charge on any atom is 0.147 e. The van der Waals surface area contributed by atoms with Crippen molar-refractivity contribution in [1.29, 1.82) is 0 Å². The number of aromatic nitrogens is 4. The van der Waals surface area contributed by atoms with Crippen molar-refractivity contribution in [2.75, 3.05) is 5.73 Å².